The quantitative estimate of drug-likeness (QED) is 0.845. The highest BCUT2D eigenvalue weighted by Crippen LogP contribution is 2.22. The summed E-state index contributed by atoms with van der Waals surface area (Å²) in [5.41, 5.74) is 5.59. The van der Waals surface area contributed by atoms with Crippen molar-refractivity contribution >= 4 is 24.2 Å². The van der Waals surface area contributed by atoms with Crippen LogP contribution in [0.25, 0.3) is 0 Å². The number of hydrogen-bond donors (Lipinski definition) is 1. The Morgan fingerprint density at radius 1 is 1.16 bits per heavy atom. The monoisotopic (exact) mass is 377 g/mol. The summed E-state index contributed by atoms with van der Waals surface area (Å²) in [6.07, 6.45) is 0. The first kappa shape index (κ1) is 21.1. The lowest BCUT2D eigenvalue weighted by Gasteiger charge is -2.36. The summed E-state index contributed by atoms with van der Waals surface area (Å²) in [6, 6.07) is 5.91. The molecule has 2 rings (SSSR count). The van der Waals surface area contributed by atoms with Crippen LogP contribution in [0.3, 0.4) is 0 Å². The largest absolute Gasteiger partial charge is 0.434 e. The number of alkyl halides is 2. The summed E-state index contributed by atoms with van der Waals surface area (Å²) in [5, 5.41) is 0. The van der Waals surface area contributed by atoms with E-state index < -0.39 is 6.61 Å². The Bertz CT molecular complexity index is 596. The lowest BCUT2D eigenvalue weighted by molar-refractivity contribution is -0.136. The predicted octanol–water partition coefficient (Wildman–Crippen LogP) is 1.59. The van der Waals surface area contributed by atoms with Crippen molar-refractivity contribution in [3.63, 3.8) is 0 Å². The minimum absolute atomic E-state index is 0. The van der Waals surface area contributed by atoms with Gasteiger partial charge in [-0.2, -0.15) is 8.78 Å². The van der Waals surface area contributed by atoms with Crippen molar-refractivity contribution in [1.82, 2.24) is 9.80 Å². The highest BCUT2D eigenvalue weighted by molar-refractivity contribution is 5.97. The maximum absolute atomic E-state index is 12.5. The third-order valence-corrected chi connectivity index (χ3v) is 3.99. The van der Waals surface area contributed by atoms with E-state index in [-0.39, 0.29) is 48.0 Å². The van der Waals surface area contributed by atoms with Crippen molar-refractivity contribution in [2.75, 3.05) is 32.7 Å². The second-order valence-electron chi connectivity index (χ2n) is 5.63. The van der Waals surface area contributed by atoms with Crippen molar-refractivity contribution in [1.29, 1.82) is 0 Å². The Hall–Kier alpha value is -1.93. The van der Waals surface area contributed by atoms with Crippen LogP contribution in [0.1, 0.15) is 17.3 Å². The average molecular weight is 378 g/mol. The van der Waals surface area contributed by atoms with Gasteiger partial charge in [-0.25, -0.2) is 0 Å². The third kappa shape index (κ3) is 5.27. The Morgan fingerprint density at radius 2 is 1.72 bits per heavy atom. The van der Waals surface area contributed by atoms with Crippen LogP contribution in [0, 0.1) is 5.92 Å². The normalized spacial score (nSPS) is 15.6. The summed E-state index contributed by atoms with van der Waals surface area (Å²) < 4.78 is 29.3. The summed E-state index contributed by atoms with van der Waals surface area (Å²) in [4.78, 5) is 27.8. The lowest BCUT2D eigenvalue weighted by atomic mass is 10.1. The van der Waals surface area contributed by atoms with E-state index in [0.717, 1.165) is 0 Å². The topological polar surface area (TPSA) is 75.9 Å². The Balaban J connectivity index is 0.00000312. The van der Waals surface area contributed by atoms with E-state index >= 15 is 0 Å². The Kier molecular flexibility index (Phi) is 8.05. The van der Waals surface area contributed by atoms with Crippen LogP contribution in [0.4, 0.5) is 8.78 Å². The maximum atomic E-state index is 12.5. The molecule has 1 heterocycles. The van der Waals surface area contributed by atoms with E-state index in [4.69, 9.17) is 5.73 Å². The Labute approximate surface area is 151 Å². The van der Waals surface area contributed by atoms with Gasteiger partial charge in [0.1, 0.15) is 5.75 Å². The first-order chi connectivity index (χ1) is 11.4. The van der Waals surface area contributed by atoms with Gasteiger partial charge in [-0.15, -0.1) is 12.4 Å². The van der Waals surface area contributed by atoms with Crippen LogP contribution in [-0.2, 0) is 4.79 Å². The molecule has 1 unspecified atom stereocenters. The number of halogens is 3. The first-order valence-electron chi connectivity index (χ1n) is 7.76. The van der Waals surface area contributed by atoms with Gasteiger partial charge < -0.3 is 20.3 Å². The molecular weight excluding hydrogens is 356 g/mol. The number of carbonyl (C=O) groups excluding carboxylic acids is 2. The molecule has 1 aromatic rings. The molecule has 1 atom stereocenters. The summed E-state index contributed by atoms with van der Waals surface area (Å²) in [7, 11) is 0. The SMILES string of the molecule is CC(CN)C(=O)N1CCN(C(=O)c2ccccc2OC(F)F)CC1.Cl. The maximum Gasteiger partial charge on any atom is 0.387 e. The van der Waals surface area contributed by atoms with E-state index in [9.17, 15) is 18.4 Å². The zero-order valence-corrected chi connectivity index (χ0v) is 14.7. The first-order valence-corrected chi connectivity index (χ1v) is 7.76. The molecule has 0 radical (unpaired) electrons. The second-order valence-corrected chi connectivity index (χ2v) is 5.63. The van der Waals surface area contributed by atoms with E-state index in [2.05, 4.69) is 4.74 Å². The van der Waals surface area contributed by atoms with Crippen molar-refractivity contribution < 1.29 is 23.1 Å². The van der Waals surface area contributed by atoms with Gasteiger partial charge in [-0.05, 0) is 12.1 Å². The minimum Gasteiger partial charge on any atom is -0.434 e. The third-order valence-electron chi connectivity index (χ3n) is 3.99. The van der Waals surface area contributed by atoms with Gasteiger partial charge in [-0.3, -0.25) is 9.59 Å². The van der Waals surface area contributed by atoms with Crippen LogP contribution in [0.15, 0.2) is 24.3 Å². The van der Waals surface area contributed by atoms with Crippen molar-refractivity contribution in [3.8, 4) is 5.75 Å². The smallest absolute Gasteiger partial charge is 0.387 e. The van der Waals surface area contributed by atoms with Gasteiger partial charge in [0.25, 0.3) is 5.91 Å². The molecule has 1 aliphatic rings. The molecule has 2 N–H and O–H groups in total. The van der Waals surface area contributed by atoms with Gasteiger partial charge in [0.2, 0.25) is 5.91 Å². The molecular formula is C16H22ClF2N3O3. The van der Waals surface area contributed by atoms with Crippen molar-refractivity contribution in [2.24, 2.45) is 11.7 Å². The molecule has 0 saturated carbocycles. The van der Waals surface area contributed by atoms with E-state index in [1.807, 2.05) is 0 Å². The molecule has 0 bridgehead atoms. The molecule has 0 spiro atoms. The van der Waals surface area contributed by atoms with Gasteiger partial charge in [0.05, 0.1) is 5.56 Å². The number of carbonyl (C=O) groups is 2. The molecule has 140 valence electrons. The number of benzene rings is 1. The van der Waals surface area contributed by atoms with Crippen LogP contribution in [0.5, 0.6) is 5.75 Å². The Morgan fingerprint density at radius 3 is 2.28 bits per heavy atom. The number of ether oxygens (including phenoxy) is 1. The minimum atomic E-state index is -2.99. The number of hydrogen-bond acceptors (Lipinski definition) is 4. The van der Waals surface area contributed by atoms with Crippen LogP contribution < -0.4 is 10.5 Å². The number of para-hydroxylation sites is 1. The highest BCUT2D eigenvalue weighted by Gasteiger charge is 2.28. The number of nitrogens with zero attached hydrogens (tertiary/aromatic N) is 2. The molecule has 2 amide bonds. The molecule has 1 aromatic carbocycles. The molecule has 1 aliphatic heterocycles. The van der Waals surface area contributed by atoms with Gasteiger partial charge >= 0.3 is 6.61 Å². The van der Waals surface area contributed by atoms with Gasteiger partial charge in [0, 0.05) is 38.6 Å². The summed E-state index contributed by atoms with van der Waals surface area (Å²) in [6.45, 7) is 0.509. The van der Waals surface area contributed by atoms with Crippen molar-refractivity contribution in [2.45, 2.75) is 13.5 Å². The summed E-state index contributed by atoms with van der Waals surface area (Å²) >= 11 is 0. The fraction of sp³-hybridized carbons (Fsp3) is 0.500. The van der Waals surface area contributed by atoms with E-state index in [0.29, 0.717) is 26.2 Å². The van der Waals surface area contributed by atoms with Crippen molar-refractivity contribution in [3.05, 3.63) is 29.8 Å². The fourth-order valence-corrected chi connectivity index (χ4v) is 2.55. The summed E-state index contributed by atoms with van der Waals surface area (Å²) in [5.74, 6) is -0.823. The molecule has 0 aliphatic carbocycles. The van der Waals surface area contributed by atoms with Crippen LogP contribution in [-0.4, -0.2) is 60.9 Å². The molecule has 6 nitrogen and oxygen atoms in total. The zero-order valence-electron chi connectivity index (χ0n) is 13.9. The number of nitrogens with two attached hydrogens (primary N) is 1. The standard InChI is InChI=1S/C16H21F2N3O3.ClH/c1-11(10-19)14(22)20-6-8-21(9-7-20)15(23)12-4-2-3-5-13(12)24-16(17)18;/h2-5,11,16H,6-10,19H2,1H3;1H. The van der Waals surface area contributed by atoms with Gasteiger partial charge in [-0.1, -0.05) is 19.1 Å². The fourth-order valence-electron chi connectivity index (χ4n) is 2.55. The lowest BCUT2D eigenvalue weighted by Crippen LogP contribution is -2.52. The van der Waals surface area contributed by atoms with E-state index in [1.165, 1.54) is 23.1 Å². The van der Waals surface area contributed by atoms with Crippen LogP contribution >= 0.6 is 12.4 Å². The average Bonchev–Trinajstić information content (AvgIpc) is 2.60. The highest BCUT2D eigenvalue weighted by atomic mass is 35.5. The molecule has 1 fully saturated rings. The predicted molar refractivity (Wildman–Crippen MR) is 91.0 cm³/mol. The van der Waals surface area contributed by atoms with Gasteiger partial charge in [0.15, 0.2) is 0 Å². The molecule has 25 heavy (non-hydrogen) atoms. The number of piperazine rings is 1. The van der Waals surface area contributed by atoms with E-state index in [1.54, 1.807) is 17.9 Å². The number of rotatable bonds is 5. The molecule has 1 saturated heterocycles. The zero-order chi connectivity index (χ0) is 17.7. The molecule has 0 aromatic heterocycles. The molecule has 9 heteroatoms. The second kappa shape index (κ2) is 9.53. The number of amides is 2. The van der Waals surface area contributed by atoms with Crippen LogP contribution in [0.2, 0.25) is 0 Å².